The number of hydrogen-bond donors (Lipinski definition) is 2. The highest BCUT2D eigenvalue weighted by Crippen LogP contribution is 2.19. The van der Waals surface area contributed by atoms with E-state index in [1.165, 1.54) is 36.4 Å². The van der Waals surface area contributed by atoms with Crippen LogP contribution < -0.4 is 10.3 Å². The second kappa shape index (κ2) is 6.73. The molecule has 0 heterocycles. The number of hydrazine groups is 1. The molecule has 2 aromatic carbocycles. The zero-order valence-electron chi connectivity index (χ0n) is 11.4. The van der Waals surface area contributed by atoms with Crippen LogP contribution in [0, 0.1) is 10.1 Å². The van der Waals surface area contributed by atoms with Gasteiger partial charge in [0.15, 0.2) is 0 Å². The summed E-state index contributed by atoms with van der Waals surface area (Å²) in [5.41, 5.74) is 1.62. The Morgan fingerprint density at radius 3 is 2.48 bits per heavy atom. The van der Waals surface area contributed by atoms with Gasteiger partial charge in [-0.1, -0.05) is 29.8 Å². The molecule has 0 saturated carbocycles. The number of amides is 1. The molecule has 0 aliphatic carbocycles. The molecule has 1 amide bonds. The summed E-state index contributed by atoms with van der Waals surface area (Å²) in [7, 11) is -4.07. The average Bonchev–Trinajstić information content (AvgIpc) is 2.53. The van der Waals surface area contributed by atoms with Gasteiger partial charge in [-0.2, -0.15) is 0 Å². The number of non-ortho nitro benzene ring substituents is 1. The van der Waals surface area contributed by atoms with E-state index < -0.39 is 20.9 Å². The standard InChI is InChI=1S/C13H10ClN3O5S/c14-11-6-1-2-7-12(11)23(21,22)16-15-13(18)9-4-3-5-10(8-9)17(19)20/h1-8,16H,(H,15,18). The zero-order valence-corrected chi connectivity index (χ0v) is 13.0. The summed E-state index contributed by atoms with van der Waals surface area (Å²) in [6.45, 7) is 0. The Kier molecular flexibility index (Phi) is 4.94. The third-order valence-corrected chi connectivity index (χ3v) is 4.49. The molecular formula is C13H10ClN3O5S. The predicted octanol–water partition coefficient (Wildman–Crippen LogP) is 1.87. The topological polar surface area (TPSA) is 118 Å². The van der Waals surface area contributed by atoms with E-state index >= 15 is 0 Å². The van der Waals surface area contributed by atoms with Gasteiger partial charge in [0.05, 0.1) is 9.95 Å². The molecule has 23 heavy (non-hydrogen) atoms. The van der Waals surface area contributed by atoms with Crippen LogP contribution in [-0.2, 0) is 10.0 Å². The van der Waals surface area contributed by atoms with E-state index in [-0.39, 0.29) is 21.2 Å². The maximum atomic E-state index is 12.0. The maximum absolute atomic E-state index is 12.0. The highest BCUT2D eigenvalue weighted by atomic mass is 35.5. The number of benzene rings is 2. The van der Waals surface area contributed by atoms with Crippen molar-refractivity contribution in [3.05, 3.63) is 69.2 Å². The lowest BCUT2D eigenvalue weighted by atomic mass is 10.2. The van der Waals surface area contributed by atoms with E-state index in [4.69, 9.17) is 11.6 Å². The Hall–Kier alpha value is -2.49. The number of carbonyl (C=O) groups excluding carboxylic acids is 1. The van der Waals surface area contributed by atoms with Gasteiger partial charge in [0.25, 0.3) is 21.6 Å². The van der Waals surface area contributed by atoms with E-state index in [9.17, 15) is 23.3 Å². The first-order valence-corrected chi connectivity index (χ1v) is 7.98. The van der Waals surface area contributed by atoms with Crippen LogP contribution in [0.5, 0.6) is 0 Å². The number of nitro groups is 1. The Bertz CT molecular complexity index is 869. The summed E-state index contributed by atoms with van der Waals surface area (Å²) in [4.78, 5) is 23.6. The van der Waals surface area contributed by atoms with Gasteiger partial charge in [-0.15, -0.1) is 4.83 Å². The normalized spacial score (nSPS) is 11.0. The van der Waals surface area contributed by atoms with Crippen molar-refractivity contribution in [2.24, 2.45) is 0 Å². The van der Waals surface area contributed by atoms with E-state index in [0.717, 1.165) is 6.07 Å². The van der Waals surface area contributed by atoms with Crippen LogP contribution in [-0.4, -0.2) is 19.2 Å². The number of nitro benzene ring substituents is 1. The lowest BCUT2D eigenvalue weighted by Crippen LogP contribution is -2.41. The Morgan fingerprint density at radius 2 is 1.83 bits per heavy atom. The quantitative estimate of drug-likeness (QED) is 0.627. The number of hydrogen-bond acceptors (Lipinski definition) is 5. The van der Waals surface area contributed by atoms with Crippen molar-refractivity contribution in [1.29, 1.82) is 0 Å². The van der Waals surface area contributed by atoms with Gasteiger partial charge in [0, 0.05) is 17.7 Å². The van der Waals surface area contributed by atoms with E-state index in [0.29, 0.717) is 0 Å². The van der Waals surface area contributed by atoms with Crippen molar-refractivity contribution >= 4 is 33.2 Å². The molecule has 120 valence electrons. The fourth-order valence-electron chi connectivity index (χ4n) is 1.66. The van der Waals surface area contributed by atoms with Gasteiger partial charge in [0.2, 0.25) is 0 Å². The molecular weight excluding hydrogens is 346 g/mol. The summed E-state index contributed by atoms with van der Waals surface area (Å²) in [6.07, 6.45) is 0. The minimum absolute atomic E-state index is 0.00963. The molecule has 2 N–H and O–H groups in total. The first-order valence-electron chi connectivity index (χ1n) is 6.12. The minimum Gasteiger partial charge on any atom is -0.273 e. The molecule has 0 unspecified atom stereocenters. The van der Waals surface area contributed by atoms with Crippen LogP contribution in [0.15, 0.2) is 53.4 Å². The summed E-state index contributed by atoms with van der Waals surface area (Å²) >= 11 is 5.79. The van der Waals surface area contributed by atoms with Crippen LogP contribution in [0.1, 0.15) is 10.4 Å². The van der Waals surface area contributed by atoms with Crippen molar-refractivity contribution in [3.8, 4) is 0 Å². The van der Waals surface area contributed by atoms with Crippen molar-refractivity contribution in [3.63, 3.8) is 0 Å². The number of nitrogens with one attached hydrogen (secondary N) is 2. The third kappa shape index (κ3) is 4.03. The van der Waals surface area contributed by atoms with Crippen LogP contribution in [0.2, 0.25) is 5.02 Å². The molecule has 0 aromatic heterocycles. The molecule has 0 bridgehead atoms. The molecule has 10 heteroatoms. The van der Waals surface area contributed by atoms with Crippen LogP contribution in [0.3, 0.4) is 0 Å². The first kappa shape index (κ1) is 16.9. The van der Waals surface area contributed by atoms with Gasteiger partial charge in [0.1, 0.15) is 4.90 Å². The third-order valence-electron chi connectivity index (χ3n) is 2.74. The lowest BCUT2D eigenvalue weighted by Gasteiger charge is -2.09. The number of carbonyl (C=O) groups is 1. The second-order valence-corrected chi connectivity index (χ2v) is 6.36. The monoisotopic (exact) mass is 355 g/mol. The highest BCUT2D eigenvalue weighted by molar-refractivity contribution is 7.89. The molecule has 8 nitrogen and oxygen atoms in total. The summed E-state index contributed by atoms with van der Waals surface area (Å²) in [5, 5.41) is 10.7. The van der Waals surface area contributed by atoms with Crippen LogP contribution >= 0.6 is 11.6 Å². The Balaban J connectivity index is 2.14. The smallest absolute Gasteiger partial charge is 0.270 e. The molecule has 0 fully saturated rings. The summed E-state index contributed by atoms with van der Waals surface area (Å²) in [5.74, 6) is -0.843. The maximum Gasteiger partial charge on any atom is 0.270 e. The molecule has 0 aliphatic heterocycles. The van der Waals surface area contributed by atoms with Crippen molar-refractivity contribution in [2.45, 2.75) is 4.90 Å². The average molecular weight is 356 g/mol. The zero-order chi connectivity index (χ0) is 17.0. The number of rotatable bonds is 5. The fraction of sp³-hybridized carbons (Fsp3) is 0. The lowest BCUT2D eigenvalue weighted by molar-refractivity contribution is -0.384. The largest absolute Gasteiger partial charge is 0.273 e. The SMILES string of the molecule is O=C(NNS(=O)(=O)c1ccccc1Cl)c1cccc([N+](=O)[O-])c1. The Morgan fingerprint density at radius 1 is 1.13 bits per heavy atom. The van der Waals surface area contributed by atoms with Crippen molar-refractivity contribution in [2.75, 3.05) is 0 Å². The van der Waals surface area contributed by atoms with Crippen molar-refractivity contribution in [1.82, 2.24) is 10.3 Å². The molecule has 0 atom stereocenters. The van der Waals surface area contributed by atoms with E-state index in [2.05, 4.69) is 0 Å². The molecule has 0 saturated heterocycles. The first-order chi connectivity index (χ1) is 10.8. The predicted molar refractivity (Wildman–Crippen MR) is 82.3 cm³/mol. The molecule has 0 spiro atoms. The van der Waals surface area contributed by atoms with Gasteiger partial charge < -0.3 is 0 Å². The van der Waals surface area contributed by atoms with Crippen LogP contribution in [0.25, 0.3) is 0 Å². The number of sulfonamides is 1. The van der Waals surface area contributed by atoms with E-state index in [1.807, 2.05) is 10.3 Å². The Labute approximate surface area is 136 Å². The fourth-order valence-corrected chi connectivity index (χ4v) is 3.02. The molecule has 2 rings (SSSR count). The summed E-state index contributed by atoms with van der Waals surface area (Å²) < 4.78 is 24.1. The highest BCUT2D eigenvalue weighted by Gasteiger charge is 2.19. The van der Waals surface area contributed by atoms with Crippen molar-refractivity contribution < 1.29 is 18.1 Å². The summed E-state index contributed by atoms with van der Waals surface area (Å²) in [6, 6.07) is 10.6. The van der Waals surface area contributed by atoms with Gasteiger partial charge in [-0.25, -0.2) is 8.42 Å². The minimum atomic E-state index is -4.07. The number of nitrogens with zero attached hydrogens (tertiary/aromatic N) is 1. The number of halogens is 1. The molecule has 0 radical (unpaired) electrons. The van der Waals surface area contributed by atoms with Crippen LogP contribution in [0.4, 0.5) is 5.69 Å². The molecule has 0 aliphatic rings. The van der Waals surface area contributed by atoms with Gasteiger partial charge >= 0.3 is 0 Å². The molecule has 2 aromatic rings. The van der Waals surface area contributed by atoms with E-state index in [1.54, 1.807) is 6.07 Å². The second-order valence-electron chi connectivity index (χ2n) is 4.30. The van der Waals surface area contributed by atoms with Gasteiger partial charge in [-0.3, -0.25) is 20.3 Å². The van der Waals surface area contributed by atoms with Gasteiger partial charge in [-0.05, 0) is 18.2 Å².